The van der Waals surface area contributed by atoms with Crippen LogP contribution >= 0.6 is 23.5 Å². The number of pyridine rings is 1. The van der Waals surface area contributed by atoms with Crippen molar-refractivity contribution < 1.29 is 19.3 Å². The molecule has 0 radical (unpaired) electrons. The molecule has 0 bridgehead atoms. The number of nitrogens with zero attached hydrogens (tertiary/aromatic N) is 1. The van der Waals surface area contributed by atoms with Crippen LogP contribution in [-0.2, 0) is 9.08 Å². The average molecular weight is 404 g/mol. The lowest BCUT2D eigenvalue weighted by atomic mass is 10.0. The molecule has 1 rings (SSSR count). The molecule has 5 nitrogen and oxygen atoms in total. The van der Waals surface area contributed by atoms with E-state index in [4.69, 9.17) is 23.5 Å². The van der Waals surface area contributed by atoms with Crippen LogP contribution in [0.25, 0.3) is 6.08 Å². The number of aliphatic hydroxyl groups excluding tert-OH is 2. The van der Waals surface area contributed by atoms with E-state index in [1.54, 1.807) is 6.07 Å². The molecule has 0 aliphatic carbocycles. The first-order valence-corrected chi connectivity index (χ1v) is 9.66. The Bertz CT molecular complexity index is 581. The monoisotopic (exact) mass is 403 g/mol. The largest absolute Gasteiger partial charge is 0.393 e. The van der Waals surface area contributed by atoms with Crippen molar-refractivity contribution >= 4 is 35.5 Å². The number of halogens is 2. The predicted octanol–water partition coefficient (Wildman–Crippen LogP) is 4.98. The van der Waals surface area contributed by atoms with Gasteiger partial charge in [-0.25, -0.2) is 0 Å². The lowest BCUT2D eigenvalue weighted by Crippen LogP contribution is -2.06. The summed E-state index contributed by atoms with van der Waals surface area (Å²) >= 11 is 11.0. The standard InChI is InChI=1S/C19H27Cl2NO4/c1-2-3-4-8-16(23)9-5-7-14-12-15(20)13-22-19(14)17(24)10-6-11-18(25)26-21/h5,7,12-13,16-17,23-24H,2-4,6,8-11H2,1H3/b7-5+. The highest BCUT2D eigenvalue weighted by Crippen LogP contribution is 2.25. The van der Waals surface area contributed by atoms with Crippen molar-refractivity contribution in [2.45, 2.75) is 70.5 Å². The van der Waals surface area contributed by atoms with Crippen LogP contribution in [0.1, 0.15) is 75.7 Å². The SMILES string of the molecule is CCCCCC(O)C/C=C/c1cc(Cl)cnc1C(O)CCCC(=O)OCl. The van der Waals surface area contributed by atoms with Gasteiger partial charge in [0.2, 0.25) is 0 Å². The molecule has 0 aliphatic rings. The summed E-state index contributed by atoms with van der Waals surface area (Å²) in [4.78, 5) is 15.3. The van der Waals surface area contributed by atoms with Crippen LogP contribution in [0.5, 0.6) is 0 Å². The zero-order chi connectivity index (χ0) is 19.4. The molecule has 0 fully saturated rings. The third-order valence-corrected chi connectivity index (χ3v) is 4.40. The van der Waals surface area contributed by atoms with Gasteiger partial charge in [0.05, 0.1) is 22.9 Å². The quantitative estimate of drug-likeness (QED) is 0.481. The summed E-state index contributed by atoms with van der Waals surface area (Å²) in [5.41, 5.74) is 1.19. The summed E-state index contributed by atoms with van der Waals surface area (Å²) in [6.45, 7) is 2.13. The van der Waals surface area contributed by atoms with Crippen molar-refractivity contribution in [3.05, 3.63) is 34.6 Å². The number of aliphatic hydroxyl groups is 2. The molecule has 7 heteroatoms. The van der Waals surface area contributed by atoms with E-state index in [-0.39, 0.29) is 12.5 Å². The van der Waals surface area contributed by atoms with Crippen molar-refractivity contribution in [1.82, 2.24) is 4.98 Å². The number of rotatable bonds is 12. The molecule has 1 aromatic rings. The fourth-order valence-corrected chi connectivity index (χ4v) is 2.84. The summed E-state index contributed by atoms with van der Waals surface area (Å²) < 4.78 is 4.07. The van der Waals surface area contributed by atoms with Crippen LogP contribution in [0.15, 0.2) is 18.3 Å². The molecule has 0 spiro atoms. The average Bonchev–Trinajstić information content (AvgIpc) is 2.61. The smallest absolute Gasteiger partial charge is 0.324 e. The Hall–Kier alpha value is -1.14. The van der Waals surface area contributed by atoms with Crippen molar-refractivity contribution in [3.63, 3.8) is 0 Å². The van der Waals surface area contributed by atoms with Gasteiger partial charge in [-0.3, -0.25) is 9.78 Å². The maximum Gasteiger partial charge on any atom is 0.324 e. The summed E-state index contributed by atoms with van der Waals surface area (Å²) in [5.74, 6) is -0.528. The van der Waals surface area contributed by atoms with E-state index in [1.165, 1.54) is 6.20 Å². The van der Waals surface area contributed by atoms with Gasteiger partial charge < -0.3 is 14.5 Å². The van der Waals surface area contributed by atoms with Gasteiger partial charge in [-0.2, -0.15) is 0 Å². The lowest BCUT2D eigenvalue weighted by molar-refractivity contribution is -0.134. The van der Waals surface area contributed by atoms with Gasteiger partial charge in [0.15, 0.2) is 0 Å². The van der Waals surface area contributed by atoms with Crippen LogP contribution in [0.3, 0.4) is 0 Å². The molecule has 146 valence electrons. The van der Waals surface area contributed by atoms with Gasteiger partial charge in [0.25, 0.3) is 0 Å². The predicted molar refractivity (Wildman–Crippen MR) is 104 cm³/mol. The van der Waals surface area contributed by atoms with Crippen molar-refractivity contribution in [1.29, 1.82) is 0 Å². The van der Waals surface area contributed by atoms with E-state index in [0.717, 1.165) is 25.7 Å². The van der Waals surface area contributed by atoms with E-state index < -0.39 is 12.1 Å². The number of hydrogen-bond acceptors (Lipinski definition) is 5. The lowest BCUT2D eigenvalue weighted by Gasteiger charge is -2.13. The first-order valence-electron chi connectivity index (χ1n) is 8.97. The second-order valence-corrected chi connectivity index (χ2v) is 6.86. The first kappa shape index (κ1) is 22.9. The van der Waals surface area contributed by atoms with Gasteiger partial charge >= 0.3 is 5.97 Å². The molecule has 0 amide bonds. The Labute approximate surface area is 165 Å². The van der Waals surface area contributed by atoms with Crippen LogP contribution in [0.4, 0.5) is 0 Å². The third-order valence-electron chi connectivity index (χ3n) is 4.02. The maximum absolute atomic E-state index is 11.0. The minimum Gasteiger partial charge on any atom is -0.393 e. The molecule has 0 saturated heterocycles. The number of unbranched alkanes of at least 4 members (excludes halogenated alkanes) is 2. The Morgan fingerprint density at radius 2 is 2.08 bits per heavy atom. The molecule has 26 heavy (non-hydrogen) atoms. The maximum atomic E-state index is 11.0. The Kier molecular flexibility index (Phi) is 11.5. The zero-order valence-electron chi connectivity index (χ0n) is 15.0. The highest BCUT2D eigenvalue weighted by molar-refractivity contribution is 6.30. The fraction of sp³-hybridized carbons (Fsp3) is 0.579. The van der Waals surface area contributed by atoms with Crippen LogP contribution in [-0.4, -0.2) is 27.3 Å². The fourth-order valence-electron chi connectivity index (χ4n) is 2.59. The van der Waals surface area contributed by atoms with E-state index >= 15 is 0 Å². The van der Waals surface area contributed by atoms with Gasteiger partial charge in [-0.15, -0.1) is 0 Å². The summed E-state index contributed by atoms with van der Waals surface area (Å²) in [6.07, 6.45) is 9.42. The molecule has 1 aromatic heterocycles. The van der Waals surface area contributed by atoms with Gasteiger partial charge in [-0.1, -0.05) is 49.9 Å². The van der Waals surface area contributed by atoms with Crippen molar-refractivity contribution in [2.24, 2.45) is 0 Å². The Morgan fingerprint density at radius 1 is 1.31 bits per heavy atom. The molecule has 2 N–H and O–H groups in total. The molecule has 2 atom stereocenters. The van der Waals surface area contributed by atoms with Gasteiger partial charge in [0, 0.05) is 12.6 Å². The zero-order valence-corrected chi connectivity index (χ0v) is 16.5. The van der Waals surface area contributed by atoms with Crippen LogP contribution in [0, 0.1) is 0 Å². The van der Waals surface area contributed by atoms with Crippen LogP contribution in [0.2, 0.25) is 5.02 Å². The molecule has 0 saturated carbocycles. The second-order valence-electron chi connectivity index (χ2n) is 6.27. The minimum atomic E-state index is -0.829. The van der Waals surface area contributed by atoms with Gasteiger partial charge in [-0.05, 0) is 37.3 Å². The number of aromatic nitrogens is 1. The first-order chi connectivity index (χ1) is 12.5. The number of carbonyl (C=O) groups excluding carboxylic acids is 1. The molecule has 0 aliphatic heterocycles. The number of hydrogen-bond donors (Lipinski definition) is 2. The molecule has 0 aromatic carbocycles. The minimum absolute atomic E-state index is 0.128. The summed E-state index contributed by atoms with van der Waals surface area (Å²) in [5, 5.41) is 20.8. The topological polar surface area (TPSA) is 79.7 Å². The normalized spacial score (nSPS) is 13.7. The summed E-state index contributed by atoms with van der Waals surface area (Å²) in [7, 11) is 0. The number of carbonyl (C=O) groups is 1. The second kappa shape index (κ2) is 13.1. The molecule has 1 heterocycles. The molecular formula is C19H27Cl2NO4. The Balaban J connectivity index is 2.65. The summed E-state index contributed by atoms with van der Waals surface area (Å²) in [6, 6.07) is 1.72. The van der Waals surface area contributed by atoms with Gasteiger partial charge in [0.1, 0.15) is 11.9 Å². The van der Waals surface area contributed by atoms with Crippen molar-refractivity contribution in [3.8, 4) is 0 Å². The Morgan fingerprint density at radius 3 is 2.77 bits per heavy atom. The van der Waals surface area contributed by atoms with E-state index in [2.05, 4.69) is 16.2 Å². The third kappa shape index (κ3) is 8.99. The van der Waals surface area contributed by atoms with Crippen molar-refractivity contribution in [2.75, 3.05) is 0 Å². The highest BCUT2D eigenvalue weighted by Gasteiger charge is 2.14. The van der Waals surface area contributed by atoms with Crippen LogP contribution < -0.4 is 0 Å². The van der Waals surface area contributed by atoms with E-state index in [1.807, 2.05) is 12.2 Å². The highest BCUT2D eigenvalue weighted by atomic mass is 35.5. The molecular weight excluding hydrogens is 377 g/mol. The molecule has 2 unspecified atom stereocenters. The van der Waals surface area contributed by atoms with E-state index in [9.17, 15) is 15.0 Å². The van der Waals surface area contributed by atoms with E-state index in [0.29, 0.717) is 35.5 Å².